The van der Waals surface area contributed by atoms with Gasteiger partial charge in [-0.2, -0.15) is 15.0 Å². The number of para-hydroxylation sites is 1. The Hall–Kier alpha value is -4.01. The fourth-order valence-electron chi connectivity index (χ4n) is 4.16. The Morgan fingerprint density at radius 2 is 1.97 bits per heavy atom. The van der Waals surface area contributed by atoms with E-state index in [4.69, 9.17) is 9.15 Å². The molecule has 0 saturated carbocycles. The van der Waals surface area contributed by atoms with E-state index in [-0.39, 0.29) is 11.9 Å². The molecule has 4 aromatic rings. The molecule has 0 N–H and O–H groups in total. The average Bonchev–Trinajstić information content (AvgIpc) is 3.60. The van der Waals surface area contributed by atoms with Crippen molar-refractivity contribution in [3.63, 3.8) is 0 Å². The summed E-state index contributed by atoms with van der Waals surface area (Å²) >= 11 is 0. The molecule has 0 spiro atoms. The van der Waals surface area contributed by atoms with E-state index in [0.29, 0.717) is 41.9 Å². The van der Waals surface area contributed by atoms with E-state index in [1.54, 1.807) is 17.3 Å². The minimum Gasteiger partial charge on any atom is -0.493 e. The molecule has 1 aliphatic heterocycles. The molecular weight excluding hydrogens is 420 g/mol. The molecule has 0 radical (unpaired) electrons. The molecule has 9 heteroatoms. The number of aromatic nitrogens is 5. The average molecular weight is 444 g/mol. The molecule has 168 valence electrons. The van der Waals surface area contributed by atoms with Crippen molar-refractivity contribution in [1.29, 1.82) is 0 Å². The SMILES string of the molecule is CCOc1ccccc1-c1nnc([C@@H]2CCCN2C(=O)c2cc(C)ccc2-n2nccn2)o1. The van der Waals surface area contributed by atoms with E-state index in [9.17, 15) is 4.79 Å². The quantitative estimate of drug-likeness (QED) is 0.443. The number of nitrogens with zero attached hydrogens (tertiary/aromatic N) is 6. The Labute approximate surface area is 191 Å². The molecule has 1 atom stereocenters. The number of ether oxygens (including phenoxy) is 1. The van der Waals surface area contributed by atoms with Gasteiger partial charge in [-0.15, -0.1) is 10.2 Å². The van der Waals surface area contributed by atoms with Crippen molar-refractivity contribution >= 4 is 5.91 Å². The molecule has 33 heavy (non-hydrogen) atoms. The number of amides is 1. The highest BCUT2D eigenvalue weighted by Crippen LogP contribution is 2.36. The normalized spacial score (nSPS) is 15.7. The summed E-state index contributed by atoms with van der Waals surface area (Å²) < 4.78 is 11.8. The van der Waals surface area contributed by atoms with Crippen LogP contribution in [0.4, 0.5) is 0 Å². The lowest BCUT2D eigenvalue weighted by Gasteiger charge is -2.23. The van der Waals surface area contributed by atoms with Crippen molar-refractivity contribution in [1.82, 2.24) is 30.1 Å². The zero-order valence-corrected chi connectivity index (χ0v) is 18.5. The summed E-state index contributed by atoms with van der Waals surface area (Å²) in [6.45, 7) is 5.03. The van der Waals surface area contributed by atoms with Crippen LogP contribution in [-0.2, 0) is 0 Å². The van der Waals surface area contributed by atoms with Crippen molar-refractivity contribution < 1.29 is 13.9 Å². The van der Waals surface area contributed by atoms with Crippen LogP contribution in [0.5, 0.6) is 5.75 Å². The number of aryl methyl sites for hydroxylation is 1. The summed E-state index contributed by atoms with van der Waals surface area (Å²) in [5.74, 6) is 1.38. The summed E-state index contributed by atoms with van der Waals surface area (Å²) in [7, 11) is 0. The maximum Gasteiger partial charge on any atom is 0.256 e. The van der Waals surface area contributed by atoms with Crippen LogP contribution >= 0.6 is 0 Å². The third-order valence-electron chi connectivity index (χ3n) is 5.67. The van der Waals surface area contributed by atoms with Crippen LogP contribution in [0, 0.1) is 6.92 Å². The van der Waals surface area contributed by atoms with Gasteiger partial charge < -0.3 is 14.1 Å². The number of carbonyl (C=O) groups is 1. The smallest absolute Gasteiger partial charge is 0.256 e. The van der Waals surface area contributed by atoms with Gasteiger partial charge in [0.25, 0.3) is 11.8 Å². The molecule has 2 aromatic heterocycles. The summed E-state index contributed by atoms with van der Waals surface area (Å²) in [4.78, 5) is 16.9. The van der Waals surface area contributed by atoms with Gasteiger partial charge in [0.1, 0.15) is 11.8 Å². The number of rotatable bonds is 6. The summed E-state index contributed by atoms with van der Waals surface area (Å²) in [5.41, 5.74) is 2.90. The van der Waals surface area contributed by atoms with Gasteiger partial charge in [0.2, 0.25) is 5.89 Å². The van der Waals surface area contributed by atoms with Gasteiger partial charge in [-0.1, -0.05) is 23.8 Å². The number of hydrogen-bond acceptors (Lipinski definition) is 7. The van der Waals surface area contributed by atoms with Crippen molar-refractivity contribution in [3.05, 3.63) is 71.9 Å². The van der Waals surface area contributed by atoms with Crippen LogP contribution < -0.4 is 4.74 Å². The molecule has 5 rings (SSSR count). The van der Waals surface area contributed by atoms with Crippen molar-refractivity contribution in [2.75, 3.05) is 13.2 Å². The Kier molecular flexibility index (Phi) is 5.60. The largest absolute Gasteiger partial charge is 0.493 e. The van der Waals surface area contributed by atoms with Gasteiger partial charge in [0.05, 0.1) is 35.8 Å². The number of carbonyl (C=O) groups excluding carboxylic acids is 1. The van der Waals surface area contributed by atoms with Gasteiger partial charge in [-0.25, -0.2) is 0 Å². The second-order valence-electron chi connectivity index (χ2n) is 7.87. The molecule has 1 saturated heterocycles. The lowest BCUT2D eigenvalue weighted by Crippen LogP contribution is -2.31. The van der Waals surface area contributed by atoms with Gasteiger partial charge in [-0.3, -0.25) is 4.79 Å². The standard InChI is InChI=1S/C24H24N6O3/c1-3-32-21-9-5-4-7-17(21)22-27-28-23(33-22)20-8-6-14-29(20)24(31)18-15-16(2)10-11-19(18)30-25-12-13-26-30/h4-5,7,9-13,15,20H,3,6,8,14H2,1-2H3/t20-/m0/s1. The maximum atomic E-state index is 13.7. The number of benzene rings is 2. The van der Waals surface area contributed by atoms with Crippen LogP contribution in [0.1, 0.15) is 47.6 Å². The Balaban J connectivity index is 1.46. The fourth-order valence-corrected chi connectivity index (χ4v) is 4.16. The first-order chi connectivity index (χ1) is 16.2. The monoisotopic (exact) mass is 444 g/mol. The zero-order valence-electron chi connectivity index (χ0n) is 18.5. The predicted octanol–water partition coefficient (Wildman–Crippen LogP) is 4.00. The minimum absolute atomic E-state index is 0.108. The van der Waals surface area contributed by atoms with E-state index < -0.39 is 0 Å². The maximum absolute atomic E-state index is 13.7. The van der Waals surface area contributed by atoms with Gasteiger partial charge in [0.15, 0.2) is 0 Å². The van der Waals surface area contributed by atoms with Crippen LogP contribution in [0.3, 0.4) is 0 Å². The van der Waals surface area contributed by atoms with Gasteiger partial charge >= 0.3 is 0 Å². The fraction of sp³-hybridized carbons (Fsp3) is 0.292. The molecule has 9 nitrogen and oxygen atoms in total. The third-order valence-corrected chi connectivity index (χ3v) is 5.67. The highest BCUT2D eigenvalue weighted by Gasteiger charge is 2.35. The van der Waals surface area contributed by atoms with E-state index in [1.807, 2.05) is 56.3 Å². The lowest BCUT2D eigenvalue weighted by molar-refractivity contribution is 0.0715. The van der Waals surface area contributed by atoms with E-state index in [0.717, 1.165) is 24.0 Å². The molecule has 2 aromatic carbocycles. The van der Waals surface area contributed by atoms with Crippen molar-refractivity contribution in [3.8, 4) is 22.9 Å². The Bertz CT molecular complexity index is 1270. The van der Waals surface area contributed by atoms with Crippen molar-refractivity contribution in [2.24, 2.45) is 0 Å². The first-order valence-electron chi connectivity index (χ1n) is 11.0. The van der Waals surface area contributed by atoms with Gasteiger partial charge in [-0.05, 0) is 51.0 Å². The first kappa shape index (κ1) is 20.9. The lowest BCUT2D eigenvalue weighted by atomic mass is 10.1. The topological polar surface area (TPSA) is 99.2 Å². The number of likely N-dealkylation sites (tertiary alicyclic amines) is 1. The highest BCUT2D eigenvalue weighted by atomic mass is 16.5. The summed E-state index contributed by atoms with van der Waals surface area (Å²) in [5, 5.41) is 17.0. The third kappa shape index (κ3) is 3.97. The highest BCUT2D eigenvalue weighted by molar-refractivity contribution is 5.98. The van der Waals surface area contributed by atoms with E-state index in [1.165, 1.54) is 4.80 Å². The Morgan fingerprint density at radius 3 is 2.79 bits per heavy atom. The van der Waals surface area contributed by atoms with Crippen LogP contribution in [0.15, 0.2) is 59.3 Å². The molecule has 0 aliphatic carbocycles. The van der Waals surface area contributed by atoms with E-state index >= 15 is 0 Å². The summed E-state index contributed by atoms with van der Waals surface area (Å²) in [6, 6.07) is 12.9. The molecule has 0 bridgehead atoms. The minimum atomic E-state index is -0.294. The molecule has 1 fully saturated rings. The second-order valence-corrected chi connectivity index (χ2v) is 7.87. The van der Waals surface area contributed by atoms with E-state index in [2.05, 4.69) is 20.4 Å². The Morgan fingerprint density at radius 1 is 1.15 bits per heavy atom. The molecule has 3 heterocycles. The second kappa shape index (κ2) is 8.85. The summed E-state index contributed by atoms with van der Waals surface area (Å²) in [6.07, 6.45) is 4.78. The van der Waals surface area contributed by atoms with Crippen LogP contribution in [0.25, 0.3) is 17.1 Å². The molecule has 0 unspecified atom stereocenters. The van der Waals surface area contributed by atoms with Crippen LogP contribution in [0.2, 0.25) is 0 Å². The van der Waals surface area contributed by atoms with Crippen LogP contribution in [-0.4, -0.2) is 49.1 Å². The predicted molar refractivity (Wildman–Crippen MR) is 120 cm³/mol. The van der Waals surface area contributed by atoms with Gasteiger partial charge in [0, 0.05) is 6.54 Å². The van der Waals surface area contributed by atoms with Crippen molar-refractivity contribution in [2.45, 2.75) is 32.7 Å². The first-order valence-corrected chi connectivity index (χ1v) is 11.0. The molecule has 1 amide bonds. The molecule has 1 aliphatic rings. The molecular formula is C24H24N6O3. The zero-order chi connectivity index (χ0) is 22.8. The number of hydrogen-bond donors (Lipinski definition) is 0.